The Labute approximate surface area is 137 Å². The molecule has 1 N–H and O–H groups in total. The highest BCUT2D eigenvalue weighted by atomic mass is 79.9. The Morgan fingerprint density at radius 2 is 2.00 bits per heavy atom. The van der Waals surface area contributed by atoms with E-state index in [4.69, 9.17) is 0 Å². The van der Waals surface area contributed by atoms with Gasteiger partial charge in [0, 0.05) is 22.9 Å². The van der Waals surface area contributed by atoms with Gasteiger partial charge in [0.15, 0.2) is 9.84 Å². The quantitative estimate of drug-likeness (QED) is 0.883. The molecule has 2 aromatic rings. The van der Waals surface area contributed by atoms with Crippen LogP contribution in [0.1, 0.15) is 16.8 Å². The van der Waals surface area contributed by atoms with Crippen molar-refractivity contribution < 1.29 is 13.2 Å². The summed E-state index contributed by atoms with van der Waals surface area (Å²) in [6, 6.07) is 8.92. The van der Waals surface area contributed by atoms with E-state index in [1.165, 1.54) is 0 Å². The molecule has 1 atom stereocenters. The Balaban J connectivity index is 1.87. The van der Waals surface area contributed by atoms with Crippen molar-refractivity contribution in [3.05, 3.63) is 52.8 Å². The Morgan fingerprint density at radius 3 is 2.64 bits per heavy atom. The topological polar surface area (TPSA) is 68.2 Å². The van der Waals surface area contributed by atoms with Gasteiger partial charge in [-0.25, -0.2) is 8.42 Å². The maximum Gasteiger partial charge on any atom is 0.253 e. The van der Waals surface area contributed by atoms with Gasteiger partial charge in [0.05, 0.1) is 22.8 Å². The Hall–Kier alpha value is -1.60. The van der Waals surface area contributed by atoms with E-state index in [9.17, 15) is 13.2 Å². The predicted molar refractivity (Wildman–Crippen MR) is 88.0 cm³/mol. The molecule has 0 saturated carbocycles. The van der Waals surface area contributed by atoms with E-state index in [-0.39, 0.29) is 23.5 Å². The standard InChI is InChI=1S/C15H15BrN2O3S/c16-11-3-4-14(18-6-1-2-7-18)13(9-11)15(19)17-12-5-8-22(20,21)10-12/h1-4,6-7,9,12H,5,8,10H2,(H,17,19)/t12-/m0/s1. The van der Waals surface area contributed by atoms with E-state index in [0.29, 0.717) is 12.0 Å². The minimum atomic E-state index is -3.01. The van der Waals surface area contributed by atoms with E-state index in [0.717, 1.165) is 10.2 Å². The summed E-state index contributed by atoms with van der Waals surface area (Å²) >= 11 is 3.37. The van der Waals surface area contributed by atoms with Gasteiger partial charge in [0.25, 0.3) is 5.91 Å². The SMILES string of the molecule is O=C(N[C@H]1CCS(=O)(=O)C1)c1cc(Br)ccc1-n1cccc1. The number of hydrogen-bond donors (Lipinski definition) is 1. The van der Waals surface area contributed by atoms with Gasteiger partial charge in [-0.1, -0.05) is 15.9 Å². The summed E-state index contributed by atoms with van der Waals surface area (Å²) in [6.45, 7) is 0. The van der Waals surface area contributed by atoms with Crippen molar-refractivity contribution in [2.24, 2.45) is 0 Å². The Morgan fingerprint density at radius 1 is 1.27 bits per heavy atom. The largest absolute Gasteiger partial charge is 0.348 e. The van der Waals surface area contributed by atoms with Gasteiger partial charge in [-0.15, -0.1) is 0 Å². The first-order valence-electron chi connectivity index (χ1n) is 6.89. The van der Waals surface area contributed by atoms with E-state index >= 15 is 0 Å². The summed E-state index contributed by atoms with van der Waals surface area (Å²) in [5.74, 6) is -0.0981. The van der Waals surface area contributed by atoms with Crippen molar-refractivity contribution in [3.8, 4) is 5.69 Å². The van der Waals surface area contributed by atoms with Crippen LogP contribution in [0, 0.1) is 0 Å². The van der Waals surface area contributed by atoms with Crippen LogP contribution in [0.2, 0.25) is 0 Å². The van der Waals surface area contributed by atoms with Crippen molar-refractivity contribution in [3.63, 3.8) is 0 Å². The number of carbonyl (C=O) groups is 1. The van der Waals surface area contributed by atoms with Gasteiger partial charge >= 0.3 is 0 Å². The molecule has 116 valence electrons. The highest BCUT2D eigenvalue weighted by Gasteiger charge is 2.29. The number of carbonyl (C=O) groups excluding carboxylic acids is 1. The normalized spacial score (nSPS) is 20.0. The zero-order chi connectivity index (χ0) is 15.7. The molecule has 3 rings (SSSR count). The second-order valence-electron chi connectivity index (χ2n) is 5.33. The molecule has 1 saturated heterocycles. The van der Waals surface area contributed by atoms with Gasteiger partial charge in [-0.2, -0.15) is 0 Å². The third-order valence-electron chi connectivity index (χ3n) is 3.65. The lowest BCUT2D eigenvalue weighted by molar-refractivity contribution is 0.0941. The molecular weight excluding hydrogens is 368 g/mol. The molecule has 2 heterocycles. The van der Waals surface area contributed by atoms with Gasteiger partial charge in [-0.05, 0) is 36.8 Å². The van der Waals surface area contributed by atoms with Crippen LogP contribution < -0.4 is 5.32 Å². The highest BCUT2D eigenvalue weighted by molar-refractivity contribution is 9.10. The number of halogens is 1. The smallest absolute Gasteiger partial charge is 0.253 e. The fraction of sp³-hybridized carbons (Fsp3) is 0.267. The average Bonchev–Trinajstić information content (AvgIpc) is 3.08. The number of aromatic nitrogens is 1. The third kappa shape index (κ3) is 3.25. The van der Waals surface area contributed by atoms with Crippen LogP contribution in [0.15, 0.2) is 47.2 Å². The summed E-state index contributed by atoms with van der Waals surface area (Å²) in [4.78, 5) is 12.5. The van der Waals surface area contributed by atoms with Crippen molar-refractivity contribution in [1.82, 2.24) is 9.88 Å². The third-order valence-corrected chi connectivity index (χ3v) is 5.91. The van der Waals surface area contributed by atoms with E-state index < -0.39 is 9.84 Å². The maximum absolute atomic E-state index is 12.5. The van der Waals surface area contributed by atoms with Crippen molar-refractivity contribution in [2.45, 2.75) is 12.5 Å². The molecular formula is C15H15BrN2O3S. The fourth-order valence-corrected chi connectivity index (χ4v) is 4.62. The zero-order valence-corrected chi connectivity index (χ0v) is 14.1. The minimum Gasteiger partial charge on any atom is -0.348 e. The number of hydrogen-bond acceptors (Lipinski definition) is 3. The monoisotopic (exact) mass is 382 g/mol. The van der Waals surface area contributed by atoms with Crippen LogP contribution in [-0.2, 0) is 9.84 Å². The lowest BCUT2D eigenvalue weighted by atomic mass is 10.1. The molecule has 1 aromatic carbocycles. The summed E-state index contributed by atoms with van der Waals surface area (Å²) in [6.07, 6.45) is 4.20. The molecule has 1 amide bonds. The second kappa shape index (κ2) is 5.89. The summed E-state index contributed by atoms with van der Waals surface area (Å²) in [5.41, 5.74) is 1.27. The first-order chi connectivity index (χ1) is 10.4. The number of nitrogens with zero attached hydrogens (tertiary/aromatic N) is 1. The number of sulfone groups is 1. The second-order valence-corrected chi connectivity index (χ2v) is 8.47. The predicted octanol–water partition coefficient (Wildman–Crippen LogP) is 2.16. The fourth-order valence-electron chi connectivity index (χ4n) is 2.58. The zero-order valence-electron chi connectivity index (χ0n) is 11.7. The minimum absolute atomic E-state index is 0.0194. The lowest BCUT2D eigenvalue weighted by Gasteiger charge is -2.14. The molecule has 1 aliphatic rings. The van der Waals surface area contributed by atoms with Crippen molar-refractivity contribution in [1.29, 1.82) is 0 Å². The van der Waals surface area contributed by atoms with Crippen molar-refractivity contribution >= 4 is 31.7 Å². The first kappa shape index (κ1) is 15.3. The number of rotatable bonds is 3. The highest BCUT2D eigenvalue weighted by Crippen LogP contribution is 2.21. The maximum atomic E-state index is 12.5. The lowest BCUT2D eigenvalue weighted by Crippen LogP contribution is -2.36. The molecule has 1 aliphatic heterocycles. The summed E-state index contributed by atoms with van der Waals surface area (Å²) in [7, 11) is -3.01. The van der Waals surface area contributed by atoms with Crippen molar-refractivity contribution in [2.75, 3.05) is 11.5 Å². The van der Waals surface area contributed by atoms with Gasteiger partial charge in [-0.3, -0.25) is 4.79 Å². The van der Waals surface area contributed by atoms with Gasteiger partial charge in [0.2, 0.25) is 0 Å². The average molecular weight is 383 g/mol. The van der Waals surface area contributed by atoms with E-state index in [2.05, 4.69) is 21.2 Å². The van der Waals surface area contributed by atoms with E-state index in [1.54, 1.807) is 6.07 Å². The van der Waals surface area contributed by atoms with E-state index in [1.807, 2.05) is 41.2 Å². The Kier molecular flexibility index (Phi) is 4.10. The van der Waals surface area contributed by atoms with Crippen LogP contribution in [0.25, 0.3) is 5.69 Å². The molecule has 5 nitrogen and oxygen atoms in total. The molecule has 0 aliphatic carbocycles. The molecule has 22 heavy (non-hydrogen) atoms. The Bertz CT molecular complexity index is 800. The van der Waals surface area contributed by atoms with Gasteiger partial charge in [0.1, 0.15) is 0 Å². The molecule has 0 radical (unpaired) electrons. The molecule has 1 aromatic heterocycles. The van der Waals surface area contributed by atoms with Crippen LogP contribution in [0.5, 0.6) is 0 Å². The van der Waals surface area contributed by atoms with Crippen LogP contribution in [0.3, 0.4) is 0 Å². The van der Waals surface area contributed by atoms with Crippen LogP contribution in [0.4, 0.5) is 0 Å². The van der Waals surface area contributed by atoms with Gasteiger partial charge < -0.3 is 9.88 Å². The summed E-state index contributed by atoms with van der Waals surface area (Å²) in [5, 5.41) is 2.83. The van der Waals surface area contributed by atoms with Crippen LogP contribution >= 0.6 is 15.9 Å². The molecule has 0 unspecified atom stereocenters. The molecule has 0 bridgehead atoms. The summed E-state index contributed by atoms with van der Waals surface area (Å²) < 4.78 is 25.7. The first-order valence-corrected chi connectivity index (χ1v) is 9.50. The number of nitrogens with one attached hydrogen (secondary N) is 1. The molecule has 0 spiro atoms. The molecule has 7 heteroatoms. The molecule has 1 fully saturated rings. The van der Waals surface area contributed by atoms with Crippen LogP contribution in [-0.4, -0.2) is 36.4 Å². The number of amides is 1. The number of benzene rings is 1.